The number of allylic oxidation sites excluding steroid dienone is 2. The van der Waals surface area contributed by atoms with Crippen molar-refractivity contribution in [1.82, 2.24) is 9.97 Å². The Hall–Kier alpha value is -4.02. The monoisotopic (exact) mass is 770 g/mol. The molecule has 6 aromatic rings. The van der Waals surface area contributed by atoms with Gasteiger partial charge in [-0.25, -0.2) is 0 Å². The summed E-state index contributed by atoms with van der Waals surface area (Å²) in [7, 11) is -2.77. The SMILES string of the molecule is C[Si](C)(C)c1ccc(-c2cccc3c2C=[C]([Zr][C]2=Cc4c(-c5ccc([Si](C)(C)C)cc5)cccc4C2c2ccccn2)C3c2ccccn2)cc1. The Morgan fingerprint density at radius 3 is 1.22 bits per heavy atom. The molecule has 2 aliphatic rings. The van der Waals surface area contributed by atoms with Crippen molar-refractivity contribution in [3.8, 4) is 22.3 Å². The number of pyridine rings is 2. The van der Waals surface area contributed by atoms with Gasteiger partial charge in [0.15, 0.2) is 0 Å². The maximum atomic E-state index is 4.98. The van der Waals surface area contributed by atoms with Crippen LogP contribution in [0, 0.1) is 0 Å². The molecule has 5 heteroatoms. The van der Waals surface area contributed by atoms with Crippen molar-refractivity contribution < 1.29 is 23.2 Å². The molecule has 250 valence electrons. The fourth-order valence-corrected chi connectivity index (χ4v) is 14.1. The van der Waals surface area contributed by atoms with Crippen LogP contribution < -0.4 is 10.4 Å². The first-order valence-electron chi connectivity index (χ1n) is 18.1. The van der Waals surface area contributed by atoms with Gasteiger partial charge < -0.3 is 0 Å². The van der Waals surface area contributed by atoms with E-state index in [1.165, 1.54) is 54.9 Å². The Labute approximate surface area is 317 Å². The van der Waals surface area contributed by atoms with Gasteiger partial charge in [0.05, 0.1) is 0 Å². The topological polar surface area (TPSA) is 25.8 Å². The molecule has 0 aliphatic heterocycles. The van der Waals surface area contributed by atoms with Crippen LogP contribution in [-0.4, -0.2) is 26.1 Å². The summed E-state index contributed by atoms with van der Waals surface area (Å²) in [5.74, 6) is 0.327. The van der Waals surface area contributed by atoms with Crippen molar-refractivity contribution in [1.29, 1.82) is 0 Å². The molecule has 2 aliphatic carbocycles. The maximum absolute atomic E-state index is 4.98. The zero-order valence-corrected chi connectivity index (χ0v) is 34.9. The van der Waals surface area contributed by atoms with Gasteiger partial charge in [-0.15, -0.1) is 0 Å². The van der Waals surface area contributed by atoms with Crippen LogP contribution in [0.1, 0.15) is 45.5 Å². The Kier molecular flexibility index (Phi) is 9.03. The Bertz CT molecular complexity index is 2120. The quantitative estimate of drug-likeness (QED) is 0.144. The number of nitrogens with zero attached hydrogens (tertiary/aromatic N) is 2. The van der Waals surface area contributed by atoms with E-state index in [1.54, 1.807) is 6.56 Å². The predicted molar refractivity (Wildman–Crippen MR) is 218 cm³/mol. The molecule has 0 saturated heterocycles. The van der Waals surface area contributed by atoms with Crippen molar-refractivity contribution in [2.24, 2.45) is 0 Å². The molecule has 8 rings (SSSR count). The van der Waals surface area contributed by atoms with Crippen molar-refractivity contribution >= 4 is 38.7 Å². The van der Waals surface area contributed by atoms with E-state index in [4.69, 9.17) is 9.97 Å². The minimum absolute atomic E-state index is 0.164. The first-order valence-corrected chi connectivity index (χ1v) is 27.5. The van der Waals surface area contributed by atoms with Gasteiger partial charge in [0.1, 0.15) is 0 Å². The molecule has 0 radical (unpaired) electrons. The molecule has 0 fully saturated rings. The number of rotatable bonds is 8. The van der Waals surface area contributed by atoms with Crippen LogP contribution in [0.4, 0.5) is 0 Å². The molecule has 0 N–H and O–H groups in total. The Balaban J connectivity index is 1.24. The molecular weight excluding hydrogens is 728 g/mol. The molecule has 0 saturated carbocycles. The van der Waals surface area contributed by atoms with Gasteiger partial charge in [-0.05, 0) is 0 Å². The zero-order valence-electron chi connectivity index (χ0n) is 30.4. The second kappa shape index (κ2) is 13.5. The molecule has 2 heterocycles. The van der Waals surface area contributed by atoms with Crippen molar-refractivity contribution in [3.63, 3.8) is 0 Å². The molecule has 4 aromatic carbocycles. The average molecular weight is 772 g/mol. The summed E-state index contributed by atoms with van der Waals surface area (Å²) in [6.45, 7) is 14.5. The van der Waals surface area contributed by atoms with Gasteiger partial charge in [0.2, 0.25) is 0 Å². The van der Waals surface area contributed by atoms with E-state index in [0.717, 1.165) is 11.4 Å². The first kappa shape index (κ1) is 34.1. The summed E-state index contributed by atoms with van der Waals surface area (Å²) >= 11 is -1.33. The van der Waals surface area contributed by atoms with E-state index in [0.29, 0.717) is 0 Å². The third-order valence-corrected chi connectivity index (χ3v) is 18.2. The van der Waals surface area contributed by atoms with Crippen molar-refractivity contribution in [2.45, 2.75) is 51.1 Å². The second-order valence-electron chi connectivity index (χ2n) is 16.0. The van der Waals surface area contributed by atoms with Gasteiger partial charge in [0, 0.05) is 0 Å². The summed E-state index contributed by atoms with van der Waals surface area (Å²) in [5, 5.41) is 2.99. The van der Waals surface area contributed by atoms with Gasteiger partial charge in [0.25, 0.3) is 0 Å². The Morgan fingerprint density at radius 2 is 0.863 bits per heavy atom. The van der Waals surface area contributed by atoms with E-state index in [-0.39, 0.29) is 11.8 Å². The molecule has 0 spiro atoms. The summed E-state index contributed by atoms with van der Waals surface area (Å²) < 4.78 is 3.11. The minimum atomic E-state index is -1.39. The van der Waals surface area contributed by atoms with Crippen molar-refractivity contribution in [3.05, 3.63) is 174 Å². The van der Waals surface area contributed by atoms with Gasteiger partial charge >= 0.3 is 319 Å². The molecule has 0 amide bonds. The average Bonchev–Trinajstić information content (AvgIpc) is 3.69. The van der Waals surface area contributed by atoms with Crippen LogP contribution in [0.3, 0.4) is 0 Å². The van der Waals surface area contributed by atoms with E-state index >= 15 is 0 Å². The van der Waals surface area contributed by atoms with Crippen LogP contribution in [0.15, 0.2) is 140 Å². The van der Waals surface area contributed by atoms with Crippen molar-refractivity contribution in [2.75, 3.05) is 0 Å². The third kappa shape index (κ3) is 6.61. The Morgan fingerprint density at radius 1 is 0.451 bits per heavy atom. The molecule has 0 bridgehead atoms. The molecule has 51 heavy (non-hydrogen) atoms. The molecular formula is C46H44N2Si2Zr. The van der Waals surface area contributed by atoms with E-state index in [2.05, 4.69) is 161 Å². The van der Waals surface area contributed by atoms with E-state index in [9.17, 15) is 0 Å². The zero-order chi connectivity index (χ0) is 35.3. The van der Waals surface area contributed by atoms with E-state index < -0.39 is 39.4 Å². The number of aromatic nitrogens is 2. The predicted octanol–water partition coefficient (Wildman–Crippen LogP) is 10.7. The van der Waals surface area contributed by atoms with Gasteiger partial charge in [-0.3, -0.25) is 0 Å². The first-order chi connectivity index (χ1) is 24.6. The second-order valence-corrected chi connectivity index (χ2v) is 29.6. The van der Waals surface area contributed by atoms with Crippen LogP contribution in [0.2, 0.25) is 39.3 Å². The molecule has 2 nitrogen and oxygen atoms in total. The van der Waals surface area contributed by atoms with Crippen LogP contribution in [0.25, 0.3) is 34.4 Å². The van der Waals surface area contributed by atoms with Crippen LogP contribution in [0.5, 0.6) is 0 Å². The van der Waals surface area contributed by atoms with Crippen LogP contribution in [-0.2, 0) is 23.2 Å². The summed E-state index contributed by atoms with van der Waals surface area (Å²) in [6, 6.07) is 45.4. The standard InChI is InChI=1S/2C23H22NSi.Zr/c2*1-25(2,3)18-12-10-17(11-13-18)19-7-6-8-20-21(19)14-15-22(20)23-9-4-5-16-24-23;/h2*4-14,16,22H,1-3H3;. The number of hydrogen-bond acceptors (Lipinski definition) is 2. The third-order valence-electron chi connectivity index (χ3n) is 10.5. The van der Waals surface area contributed by atoms with Gasteiger partial charge in [-0.2, -0.15) is 0 Å². The van der Waals surface area contributed by atoms with Gasteiger partial charge in [-0.1, -0.05) is 0 Å². The molecule has 2 aromatic heterocycles. The molecule has 2 atom stereocenters. The number of hydrogen-bond donors (Lipinski definition) is 0. The summed E-state index contributed by atoms with van der Waals surface area (Å²) in [5.41, 5.74) is 13.0. The fourth-order valence-electron chi connectivity index (χ4n) is 7.72. The number of benzene rings is 4. The fraction of sp³-hybridized carbons (Fsp3) is 0.174. The summed E-state index contributed by atoms with van der Waals surface area (Å²) in [4.78, 5) is 9.96. The number of fused-ring (bicyclic) bond motifs is 2. The summed E-state index contributed by atoms with van der Waals surface area (Å²) in [6.07, 6.45) is 9.02. The van der Waals surface area contributed by atoms with E-state index in [1.807, 2.05) is 24.5 Å². The molecule has 2 unspecified atom stereocenters. The normalized spacial score (nSPS) is 16.7. The van der Waals surface area contributed by atoms with Crippen LogP contribution >= 0.6 is 0 Å².